The van der Waals surface area contributed by atoms with Crippen LogP contribution in [0, 0.1) is 0 Å². The average molecular weight is 783 g/mol. The van der Waals surface area contributed by atoms with E-state index in [1.54, 1.807) is 12.1 Å². The van der Waals surface area contributed by atoms with E-state index >= 15 is 0 Å². The Kier molecular flexibility index (Phi) is 15.5. The molecule has 0 saturated heterocycles. The van der Waals surface area contributed by atoms with Crippen molar-refractivity contribution < 1.29 is 14.3 Å². The smallest absolute Gasteiger partial charge is 0.196 e. The van der Waals surface area contributed by atoms with Gasteiger partial charge in [0, 0.05) is 51.7 Å². The molecule has 2 aromatic carbocycles. The fourth-order valence-electron chi connectivity index (χ4n) is 4.32. The normalized spacial score (nSPS) is 14.7. The van der Waals surface area contributed by atoms with Gasteiger partial charge in [0.1, 0.15) is 11.5 Å². The number of rotatable bonds is 13. The van der Waals surface area contributed by atoms with Crippen LogP contribution < -0.4 is 4.74 Å². The van der Waals surface area contributed by atoms with Crippen LogP contribution in [0.2, 0.25) is 43.8 Å². The topological polar surface area (TPSA) is 38.7 Å². The summed E-state index contributed by atoms with van der Waals surface area (Å²) in [6.07, 6.45) is 4.07. The van der Waals surface area contributed by atoms with Crippen LogP contribution in [-0.4, -0.2) is 27.8 Å². The van der Waals surface area contributed by atoms with Crippen molar-refractivity contribution >= 4 is 53.6 Å². The SMILES string of the molecule is CCC(CC(C)c1ccc(OC(CCC[Si](C)(C)C)O[Si](C)(C)C(C)(C)C)cc1)c1ccc(O)cc1.II. The maximum atomic E-state index is 9.63. The molecule has 0 aliphatic carbocycles. The Labute approximate surface area is 259 Å². The van der Waals surface area contributed by atoms with Gasteiger partial charge in [0.15, 0.2) is 14.6 Å². The summed E-state index contributed by atoms with van der Waals surface area (Å²) in [4.78, 5) is 0. The Hall–Kier alpha value is -0.106. The fraction of sp³-hybridized carbons (Fsp3) is 0.613. The van der Waals surface area contributed by atoms with Crippen molar-refractivity contribution in [2.75, 3.05) is 0 Å². The second kappa shape index (κ2) is 16.4. The molecule has 0 fully saturated rings. The Morgan fingerprint density at radius 1 is 0.868 bits per heavy atom. The first-order chi connectivity index (χ1) is 17.6. The van der Waals surface area contributed by atoms with Crippen molar-refractivity contribution in [3.05, 3.63) is 59.7 Å². The van der Waals surface area contributed by atoms with Crippen LogP contribution >= 0.6 is 37.2 Å². The second-order valence-corrected chi connectivity index (χ2v) is 23.7. The number of benzene rings is 2. The maximum absolute atomic E-state index is 9.63. The van der Waals surface area contributed by atoms with Gasteiger partial charge in [-0.05, 0) is 84.6 Å². The van der Waals surface area contributed by atoms with Gasteiger partial charge in [-0.3, -0.25) is 0 Å². The van der Waals surface area contributed by atoms with E-state index in [0.29, 0.717) is 17.6 Å². The van der Waals surface area contributed by atoms with Gasteiger partial charge in [0.2, 0.25) is 0 Å². The Morgan fingerprint density at radius 3 is 1.87 bits per heavy atom. The summed E-state index contributed by atoms with van der Waals surface area (Å²) in [6.45, 7) is 23.3. The lowest BCUT2D eigenvalue weighted by Crippen LogP contribution is -2.45. The predicted octanol–water partition coefficient (Wildman–Crippen LogP) is 11.7. The summed E-state index contributed by atoms with van der Waals surface area (Å²) in [6, 6.07) is 17.7. The Balaban J connectivity index is 0.00000352. The number of hydrogen-bond donors (Lipinski definition) is 1. The molecule has 0 aromatic heterocycles. The monoisotopic (exact) mass is 782 g/mol. The summed E-state index contributed by atoms with van der Waals surface area (Å²) in [5.74, 6) is 2.14. The lowest BCUT2D eigenvalue weighted by Gasteiger charge is -2.39. The van der Waals surface area contributed by atoms with Gasteiger partial charge in [-0.15, -0.1) is 0 Å². The fourth-order valence-corrected chi connectivity index (χ4v) is 6.76. The maximum Gasteiger partial charge on any atom is 0.196 e. The molecule has 0 saturated carbocycles. The largest absolute Gasteiger partial charge is 0.508 e. The van der Waals surface area contributed by atoms with E-state index in [1.807, 2.05) is 0 Å². The van der Waals surface area contributed by atoms with Gasteiger partial charge < -0.3 is 14.3 Å². The molecule has 0 radical (unpaired) electrons. The van der Waals surface area contributed by atoms with Crippen LogP contribution in [-0.2, 0) is 4.43 Å². The van der Waals surface area contributed by atoms with Gasteiger partial charge >= 0.3 is 0 Å². The van der Waals surface area contributed by atoms with Crippen molar-refractivity contribution in [3.63, 3.8) is 0 Å². The van der Waals surface area contributed by atoms with Crippen LogP contribution in [0.4, 0.5) is 0 Å². The van der Waals surface area contributed by atoms with E-state index in [2.05, 4.69) is 141 Å². The molecule has 38 heavy (non-hydrogen) atoms. The minimum Gasteiger partial charge on any atom is -0.508 e. The van der Waals surface area contributed by atoms with Gasteiger partial charge in [0.05, 0.1) is 0 Å². The number of phenols is 1. The summed E-state index contributed by atoms with van der Waals surface area (Å²) < 4.78 is 13.2. The van der Waals surface area contributed by atoms with E-state index in [4.69, 9.17) is 9.16 Å². The van der Waals surface area contributed by atoms with Gasteiger partial charge in [-0.2, -0.15) is 0 Å². The first-order valence-electron chi connectivity index (χ1n) is 14.0. The zero-order valence-corrected chi connectivity index (χ0v) is 31.7. The lowest BCUT2D eigenvalue weighted by molar-refractivity contribution is -0.0122. The van der Waals surface area contributed by atoms with Crippen LogP contribution in [0.1, 0.15) is 83.3 Å². The lowest BCUT2D eigenvalue weighted by atomic mass is 9.84. The van der Waals surface area contributed by atoms with Crippen LogP contribution in [0.5, 0.6) is 11.5 Å². The van der Waals surface area contributed by atoms with Gasteiger partial charge in [0.25, 0.3) is 0 Å². The molecule has 2 rings (SSSR count). The molecule has 3 nitrogen and oxygen atoms in total. The van der Waals surface area contributed by atoms with Crippen LogP contribution in [0.15, 0.2) is 48.5 Å². The number of phenolic OH excluding ortho intramolecular Hbond substituents is 1. The van der Waals surface area contributed by atoms with E-state index in [0.717, 1.165) is 31.4 Å². The summed E-state index contributed by atoms with van der Waals surface area (Å²) in [7, 11) is -3.02. The molecule has 2 aromatic rings. The summed E-state index contributed by atoms with van der Waals surface area (Å²) >= 11 is 4.24. The summed E-state index contributed by atoms with van der Waals surface area (Å²) in [5.41, 5.74) is 2.63. The van der Waals surface area contributed by atoms with E-state index in [-0.39, 0.29) is 11.3 Å². The molecule has 216 valence electrons. The summed E-state index contributed by atoms with van der Waals surface area (Å²) in [5, 5.41) is 9.78. The average Bonchev–Trinajstić information content (AvgIpc) is 2.83. The van der Waals surface area contributed by atoms with Gasteiger partial charge in [-0.1, -0.05) is 84.6 Å². The molecule has 3 atom stereocenters. The predicted molar refractivity (Wildman–Crippen MR) is 189 cm³/mol. The molecule has 1 N–H and O–H groups in total. The van der Waals surface area contributed by atoms with Crippen LogP contribution in [0.25, 0.3) is 0 Å². The van der Waals surface area contributed by atoms with E-state index < -0.39 is 16.4 Å². The van der Waals surface area contributed by atoms with Crippen molar-refractivity contribution in [2.24, 2.45) is 0 Å². The second-order valence-electron chi connectivity index (χ2n) is 13.3. The highest BCUT2D eigenvalue weighted by Gasteiger charge is 2.39. The van der Waals surface area contributed by atoms with Crippen LogP contribution in [0.3, 0.4) is 0 Å². The van der Waals surface area contributed by atoms with Gasteiger partial charge in [-0.25, -0.2) is 0 Å². The Bertz CT molecular complexity index is 920. The number of ether oxygens (including phenoxy) is 1. The van der Waals surface area contributed by atoms with Crippen molar-refractivity contribution in [2.45, 2.75) is 122 Å². The third kappa shape index (κ3) is 12.6. The Morgan fingerprint density at radius 2 is 1.39 bits per heavy atom. The standard InChI is InChI=1S/C31H52O3Si2.I2/c1-11-25(27-14-18-28(32)19-15-27)23-24(2)26-16-20-29(21-17-26)33-30(13-12-22-35(6,7)8)34-36(9,10)31(3,4)5;1-2/h14-21,24-25,30,32H,11-13,22-23H2,1-10H3;. The first kappa shape index (κ1) is 35.9. The molecule has 3 unspecified atom stereocenters. The molecule has 0 spiro atoms. The highest BCUT2D eigenvalue weighted by molar-refractivity contribution is 15.0. The van der Waals surface area contributed by atoms with Crippen molar-refractivity contribution in [1.82, 2.24) is 0 Å². The third-order valence-corrected chi connectivity index (χ3v) is 14.1. The molecule has 0 amide bonds. The third-order valence-electron chi connectivity index (χ3n) is 7.81. The zero-order valence-electron chi connectivity index (χ0n) is 25.4. The molecule has 0 heterocycles. The minimum atomic E-state index is -1.93. The van der Waals surface area contributed by atoms with Crippen molar-refractivity contribution in [1.29, 1.82) is 0 Å². The number of hydrogen-bond acceptors (Lipinski definition) is 3. The highest BCUT2D eigenvalue weighted by atomic mass is 128. The first-order valence-corrected chi connectivity index (χ1v) is 26.9. The number of halogens is 2. The van der Waals surface area contributed by atoms with E-state index in [9.17, 15) is 5.11 Å². The molecular weight excluding hydrogens is 730 g/mol. The van der Waals surface area contributed by atoms with Crippen molar-refractivity contribution in [3.8, 4) is 11.5 Å². The molecule has 0 aliphatic rings. The zero-order chi connectivity index (χ0) is 29.1. The molecular formula is C31H52I2O3Si2. The number of aromatic hydroxyl groups is 1. The van der Waals surface area contributed by atoms with E-state index in [1.165, 1.54) is 17.2 Å². The molecule has 0 bridgehead atoms. The molecule has 7 heteroatoms. The minimum absolute atomic E-state index is 0.153. The quantitative estimate of drug-likeness (QED) is 0.125. The highest BCUT2D eigenvalue weighted by Crippen LogP contribution is 2.38. The molecule has 0 aliphatic heterocycles.